The average molecular weight is 217 g/mol. The highest BCUT2D eigenvalue weighted by atomic mass is 16.1. The van der Waals surface area contributed by atoms with Crippen LogP contribution in [0.15, 0.2) is 24.3 Å². The lowest BCUT2D eigenvalue weighted by atomic mass is 9.81. The fourth-order valence-corrected chi connectivity index (χ4v) is 2.38. The van der Waals surface area contributed by atoms with Crippen LogP contribution >= 0.6 is 0 Å². The van der Waals surface area contributed by atoms with Gasteiger partial charge in [-0.1, -0.05) is 29.8 Å². The fraction of sp³-hybridized carbons (Fsp3) is 0.500. The monoisotopic (exact) mass is 217 g/mol. The summed E-state index contributed by atoms with van der Waals surface area (Å²) in [6, 6.07) is 8.51. The molecule has 1 fully saturated rings. The minimum atomic E-state index is 0.0914. The summed E-state index contributed by atoms with van der Waals surface area (Å²) < 4.78 is 0. The Hall–Kier alpha value is -1.15. The molecule has 0 aliphatic heterocycles. The maximum Gasteiger partial charge on any atom is 0.132 e. The van der Waals surface area contributed by atoms with Gasteiger partial charge in [0.05, 0.1) is 0 Å². The van der Waals surface area contributed by atoms with E-state index in [0.717, 1.165) is 12.8 Å². The molecule has 2 N–H and O–H groups in total. The van der Waals surface area contributed by atoms with E-state index in [1.807, 2.05) is 0 Å². The number of ketones is 1. The third-order valence-corrected chi connectivity index (χ3v) is 3.56. The number of hydrogen-bond acceptors (Lipinski definition) is 2. The first-order valence-electron chi connectivity index (χ1n) is 6.00. The van der Waals surface area contributed by atoms with Crippen molar-refractivity contribution in [2.24, 2.45) is 11.7 Å². The van der Waals surface area contributed by atoms with Crippen LogP contribution in [0.5, 0.6) is 0 Å². The van der Waals surface area contributed by atoms with Gasteiger partial charge in [-0.05, 0) is 31.2 Å². The quantitative estimate of drug-likeness (QED) is 0.827. The predicted molar refractivity (Wildman–Crippen MR) is 65.1 cm³/mol. The van der Waals surface area contributed by atoms with Crippen molar-refractivity contribution in [2.75, 3.05) is 0 Å². The fourth-order valence-electron chi connectivity index (χ4n) is 2.38. The molecule has 2 heteroatoms. The molecule has 0 heterocycles. The molecule has 0 aromatic heterocycles. The van der Waals surface area contributed by atoms with E-state index < -0.39 is 0 Å². The number of carbonyl (C=O) groups excluding carboxylic acids is 1. The number of hydrogen-bond donors (Lipinski definition) is 1. The molecule has 1 aliphatic rings. The van der Waals surface area contributed by atoms with E-state index in [1.165, 1.54) is 11.1 Å². The number of Topliss-reactive ketones (excluding diaryl/α,β-unsaturated/α-hetero) is 1. The van der Waals surface area contributed by atoms with Crippen LogP contribution in [0, 0.1) is 12.8 Å². The minimum Gasteiger partial charge on any atom is -0.324 e. The van der Waals surface area contributed by atoms with E-state index in [0.29, 0.717) is 24.5 Å². The summed E-state index contributed by atoms with van der Waals surface area (Å²) in [5, 5.41) is 0. The Morgan fingerprint density at radius 1 is 1.19 bits per heavy atom. The summed E-state index contributed by atoms with van der Waals surface area (Å²) in [7, 11) is 0. The molecule has 0 amide bonds. The van der Waals surface area contributed by atoms with Gasteiger partial charge < -0.3 is 5.73 Å². The lowest BCUT2D eigenvalue weighted by Crippen LogP contribution is -2.26. The first-order chi connectivity index (χ1) is 7.66. The largest absolute Gasteiger partial charge is 0.324 e. The summed E-state index contributed by atoms with van der Waals surface area (Å²) in [6.07, 6.45) is 3.33. The molecule has 1 unspecified atom stereocenters. The molecule has 1 atom stereocenters. The van der Waals surface area contributed by atoms with E-state index in [1.54, 1.807) is 0 Å². The third-order valence-electron chi connectivity index (χ3n) is 3.56. The molecule has 16 heavy (non-hydrogen) atoms. The van der Waals surface area contributed by atoms with E-state index >= 15 is 0 Å². The van der Waals surface area contributed by atoms with Crippen molar-refractivity contribution in [3.05, 3.63) is 35.4 Å². The lowest BCUT2D eigenvalue weighted by molar-refractivity contribution is -0.121. The van der Waals surface area contributed by atoms with Crippen molar-refractivity contribution in [3.63, 3.8) is 0 Å². The van der Waals surface area contributed by atoms with Gasteiger partial charge >= 0.3 is 0 Å². The van der Waals surface area contributed by atoms with Crippen LogP contribution in [0.3, 0.4) is 0 Å². The van der Waals surface area contributed by atoms with E-state index in [9.17, 15) is 4.79 Å². The Kier molecular flexibility index (Phi) is 3.39. The maximum atomic E-state index is 11.2. The Morgan fingerprint density at radius 3 is 2.31 bits per heavy atom. The molecular weight excluding hydrogens is 198 g/mol. The second kappa shape index (κ2) is 4.79. The predicted octanol–water partition coefficient (Wildman–Crippen LogP) is 2.75. The summed E-state index contributed by atoms with van der Waals surface area (Å²) in [5.74, 6) is 0.868. The van der Waals surface area contributed by atoms with Crippen LogP contribution in [0.1, 0.15) is 42.9 Å². The zero-order valence-corrected chi connectivity index (χ0v) is 9.78. The van der Waals surface area contributed by atoms with Crippen LogP contribution in [-0.4, -0.2) is 5.78 Å². The van der Waals surface area contributed by atoms with Crippen molar-refractivity contribution < 1.29 is 4.79 Å². The zero-order chi connectivity index (χ0) is 11.5. The Balaban J connectivity index is 2.04. The second-order valence-electron chi connectivity index (χ2n) is 4.81. The van der Waals surface area contributed by atoms with Crippen LogP contribution < -0.4 is 5.73 Å². The molecule has 0 spiro atoms. The summed E-state index contributed by atoms with van der Waals surface area (Å²) in [4.78, 5) is 11.2. The highest BCUT2D eigenvalue weighted by Gasteiger charge is 2.24. The summed E-state index contributed by atoms with van der Waals surface area (Å²) in [5.41, 5.74) is 8.71. The van der Waals surface area contributed by atoms with Crippen molar-refractivity contribution in [3.8, 4) is 0 Å². The standard InChI is InChI=1S/C14H19NO/c1-10-2-4-11(5-3-10)14(15)12-6-8-13(16)9-7-12/h2-5,12,14H,6-9,15H2,1H3. The van der Waals surface area contributed by atoms with Gasteiger partial charge in [0, 0.05) is 18.9 Å². The first-order valence-corrected chi connectivity index (χ1v) is 6.00. The number of benzene rings is 1. The molecule has 0 saturated heterocycles. The van der Waals surface area contributed by atoms with E-state index in [-0.39, 0.29) is 6.04 Å². The molecular formula is C14H19NO. The van der Waals surface area contributed by atoms with Gasteiger partial charge in [0.15, 0.2) is 0 Å². The molecule has 0 bridgehead atoms. The van der Waals surface area contributed by atoms with Gasteiger partial charge in [0.25, 0.3) is 0 Å². The average Bonchev–Trinajstić information content (AvgIpc) is 2.30. The molecule has 86 valence electrons. The van der Waals surface area contributed by atoms with Crippen molar-refractivity contribution >= 4 is 5.78 Å². The number of rotatable bonds is 2. The van der Waals surface area contributed by atoms with Crippen LogP contribution in [0.4, 0.5) is 0 Å². The van der Waals surface area contributed by atoms with Gasteiger partial charge in [-0.2, -0.15) is 0 Å². The lowest BCUT2D eigenvalue weighted by Gasteiger charge is -2.27. The van der Waals surface area contributed by atoms with Crippen LogP contribution in [0.25, 0.3) is 0 Å². The topological polar surface area (TPSA) is 43.1 Å². The molecule has 0 radical (unpaired) electrons. The van der Waals surface area contributed by atoms with Gasteiger partial charge in [-0.3, -0.25) is 4.79 Å². The minimum absolute atomic E-state index is 0.0914. The molecule has 2 rings (SSSR count). The SMILES string of the molecule is Cc1ccc(C(N)C2CCC(=O)CC2)cc1. The van der Waals surface area contributed by atoms with Gasteiger partial charge in [-0.25, -0.2) is 0 Å². The van der Waals surface area contributed by atoms with Crippen molar-refractivity contribution in [1.29, 1.82) is 0 Å². The Bertz CT molecular complexity index is 359. The normalized spacial score (nSPS) is 19.8. The summed E-state index contributed by atoms with van der Waals surface area (Å²) >= 11 is 0. The molecule has 2 nitrogen and oxygen atoms in total. The number of aryl methyl sites for hydroxylation is 1. The summed E-state index contributed by atoms with van der Waals surface area (Å²) in [6.45, 7) is 2.08. The number of nitrogens with two attached hydrogens (primary N) is 1. The maximum absolute atomic E-state index is 11.2. The van der Waals surface area contributed by atoms with E-state index in [4.69, 9.17) is 5.73 Å². The van der Waals surface area contributed by atoms with Crippen LogP contribution in [-0.2, 0) is 4.79 Å². The van der Waals surface area contributed by atoms with Crippen molar-refractivity contribution in [1.82, 2.24) is 0 Å². The van der Waals surface area contributed by atoms with E-state index in [2.05, 4.69) is 31.2 Å². The highest BCUT2D eigenvalue weighted by molar-refractivity contribution is 5.79. The Morgan fingerprint density at radius 2 is 1.75 bits per heavy atom. The second-order valence-corrected chi connectivity index (χ2v) is 4.81. The van der Waals surface area contributed by atoms with Gasteiger partial charge in [0.2, 0.25) is 0 Å². The molecule has 1 aromatic carbocycles. The van der Waals surface area contributed by atoms with Crippen molar-refractivity contribution in [2.45, 2.75) is 38.6 Å². The van der Waals surface area contributed by atoms with Gasteiger partial charge in [0.1, 0.15) is 5.78 Å². The van der Waals surface area contributed by atoms with Gasteiger partial charge in [-0.15, -0.1) is 0 Å². The smallest absolute Gasteiger partial charge is 0.132 e. The highest BCUT2D eigenvalue weighted by Crippen LogP contribution is 2.31. The molecule has 1 aliphatic carbocycles. The zero-order valence-electron chi connectivity index (χ0n) is 9.78. The first kappa shape index (κ1) is 11.3. The number of carbonyl (C=O) groups is 1. The molecule has 1 saturated carbocycles. The molecule has 1 aromatic rings. The van der Waals surface area contributed by atoms with Crippen LogP contribution in [0.2, 0.25) is 0 Å². The third kappa shape index (κ3) is 2.50. The Labute approximate surface area is 96.8 Å².